The number of rotatable bonds is 3. The molecule has 1 aromatic rings. The third kappa shape index (κ3) is 3.00. The first-order valence-corrected chi connectivity index (χ1v) is 8.29. The van der Waals surface area contributed by atoms with E-state index in [0.29, 0.717) is 0 Å². The van der Waals surface area contributed by atoms with Crippen molar-refractivity contribution in [1.82, 2.24) is 0 Å². The lowest BCUT2D eigenvalue weighted by Crippen LogP contribution is -2.24. The molecule has 12 heavy (non-hydrogen) atoms. The first-order valence-electron chi connectivity index (χ1n) is 4.37. The van der Waals surface area contributed by atoms with Gasteiger partial charge in [0.05, 0.1) is 0 Å². The highest BCUT2D eigenvalue weighted by molar-refractivity contribution is 7.19. The van der Waals surface area contributed by atoms with Crippen molar-refractivity contribution < 1.29 is 0 Å². The van der Waals surface area contributed by atoms with Crippen LogP contribution in [0.2, 0.25) is 12.6 Å². The highest BCUT2D eigenvalue weighted by atomic mass is 35.6. The maximum Gasteiger partial charge on any atom is 0.157 e. The molecule has 1 atom stereocenters. The van der Waals surface area contributed by atoms with Crippen molar-refractivity contribution in [3.8, 4) is 0 Å². The van der Waals surface area contributed by atoms with Crippen LogP contribution in [0, 0.1) is 0 Å². The Hall–Kier alpha value is -0.273. The molecule has 1 rings (SSSR count). The van der Waals surface area contributed by atoms with Crippen LogP contribution in [-0.4, -0.2) is 7.38 Å². The SMILES string of the molecule is CC[Si](C)(Cl)Cc1ccccc1. The maximum absolute atomic E-state index is 6.39. The number of hydrogen-bond donors (Lipinski definition) is 0. The standard InChI is InChI=1S/C10H15ClSi/c1-3-12(2,11)9-10-7-5-4-6-8-10/h4-8H,3,9H2,1-2H3. The van der Waals surface area contributed by atoms with Crippen molar-refractivity contribution in [3.05, 3.63) is 35.9 Å². The molecule has 0 amide bonds. The molecule has 66 valence electrons. The zero-order chi connectivity index (χ0) is 9.03. The zero-order valence-electron chi connectivity index (χ0n) is 7.68. The van der Waals surface area contributed by atoms with E-state index in [1.807, 2.05) is 6.07 Å². The van der Waals surface area contributed by atoms with Crippen LogP contribution < -0.4 is 0 Å². The molecule has 0 N–H and O–H groups in total. The summed E-state index contributed by atoms with van der Waals surface area (Å²) in [6, 6.07) is 12.7. The highest BCUT2D eigenvalue weighted by Crippen LogP contribution is 2.19. The van der Waals surface area contributed by atoms with E-state index in [-0.39, 0.29) is 0 Å². The second-order valence-electron chi connectivity index (χ2n) is 3.43. The van der Waals surface area contributed by atoms with Crippen LogP contribution in [0.3, 0.4) is 0 Å². The minimum absolute atomic E-state index is 1.09. The molecule has 1 unspecified atom stereocenters. The molecular weight excluding hydrogens is 184 g/mol. The maximum atomic E-state index is 6.39. The Bertz CT molecular complexity index is 231. The molecule has 0 heterocycles. The second kappa shape index (κ2) is 4.10. The summed E-state index contributed by atoms with van der Waals surface area (Å²) in [4.78, 5) is 0. The van der Waals surface area contributed by atoms with Crippen molar-refractivity contribution in [1.29, 1.82) is 0 Å². The molecule has 1 aromatic carbocycles. The van der Waals surface area contributed by atoms with Crippen molar-refractivity contribution in [3.63, 3.8) is 0 Å². The lowest BCUT2D eigenvalue weighted by Gasteiger charge is -2.16. The molecule has 0 spiro atoms. The molecule has 0 saturated heterocycles. The van der Waals surface area contributed by atoms with Gasteiger partial charge in [-0.05, 0) is 17.7 Å². The Balaban J connectivity index is 2.64. The summed E-state index contributed by atoms with van der Waals surface area (Å²) in [5.41, 5.74) is 1.38. The number of halogens is 1. The first kappa shape index (κ1) is 9.81. The van der Waals surface area contributed by atoms with Crippen molar-refractivity contribution in [2.24, 2.45) is 0 Å². The molecular formula is C10H15ClSi. The fourth-order valence-corrected chi connectivity index (χ4v) is 2.95. The topological polar surface area (TPSA) is 0 Å². The van der Waals surface area contributed by atoms with E-state index >= 15 is 0 Å². The van der Waals surface area contributed by atoms with Gasteiger partial charge in [0, 0.05) is 0 Å². The summed E-state index contributed by atoms with van der Waals surface area (Å²) in [5, 5.41) is 0. The predicted octanol–water partition coefficient (Wildman–Crippen LogP) is 3.60. The van der Waals surface area contributed by atoms with Gasteiger partial charge in [-0.25, -0.2) is 0 Å². The van der Waals surface area contributed by atoms with E-state index in [2.05, 4.69) is 37.7 Å². The fourth-order valence-electron chi connectivity index (χ4n) is 1.15. The number of benzene rings is 1. The summed E-state index contributed by atoms with van der Waals surface area (Å²) in [7, 11) is -1.45. The van der Waals surface area contributed by atoms with Gasteiger partial charge in [0.2, 0.25) is 0 Å². The molecule has 0 aromatic heterocycles. The van der Waals surface area contributed by atoms with E-state index in [0.717, 1.165) is 12.1 Å². The largest absolute Gasteiger partial charge is 0.167 e. The Morgan fingerprint density at radius 3 is 2.33 bits per heavy atom. The van der Waals surface area contributed by atoms with E-state index in [1.165, 1.54) is 5.56 Å². The van der Waals surface area contributed by atoms with Crippen LogP contribution in [0.4, 0.5) is 0 Å². The lowest BCUT2D eigenvalue weighted by atomic mass is 10.2. The molecule has 0 radical (unpaired) electrons. The van der Waals surface area contributed by atoms with E-state index in [9.17, 15) is 0 Å². The monoisotopic (exact) mass is 198 g/mol. The van der Waals surface area contributed by atoms with Gasteiger partial charge < -0.3 is 0 Å². The van der Waals surface area contributed by atoms with Gasteiger partial charge in [-0.2, -0.15) is 11.1 Å². The fraction of sp³-hybridized carbons (Fsp3) is 0.400. The smallest absolute Gasteiger partial charge is 0.157 e. The van der Waals surface area contributed by atoms with E-state index in [1.54, 1.807) is 0 Å². The third-order valence-corrected chi connectivity index (χ3v) is 5.98. The molecule has 0 fully saturated rings. The molecule has 0 saturated carbocycles. The number of hydrogen-bond acceptors (Lipinski definition) is 0. The highest BCUT2D eigenvalue weighted by Gasteiger charge is 2.21. The van der Waals surface area contributed by atoms with E-state index in [4.69, 9.17) is 11.1 Å². The minimum atomic E-state index is -1.45. The van der Waals surface area contributed by atoms with Crippen molar-refractivity contribution in [2.75, 3.05) is 0 Å². The van der Waals surface area contributed by atoms with Crippen LogP contribution in [0.1, 0.15) is 12.5 Å². The quantitative estimate of drug-likeness (QED) is 0.515. The minimum Gasteiger partial charge on any atom is -0.167 e. The van der Waals surface area contributed by atoms with Gasteiger partial charge in [-0.15, -0.1) is 0 Å². The van der Waals surface area contributed by atoms with Gasteiger partial charge in [-0.3, -0.25) is 0 Å². The van der Waals surface area contributed by atoms with Crippen LogP contribution in [-0.2, 0) is 6.04 Å². The van der Waals surface area contributed by atoms with Crippen LogP contribution in [0.5, 0.6) is 0 Å². The summed E-state index contributed by atoms with van der Waals surface area (Å²) >= 11 is 6.39. The lowest BCUT2D eigenvalue weighted by molar-refractivity contribution is 1.27. The summed E-state index contributed by atoms with van der Waals surface area (Å²) in [5.74, 6) is 0. The van der Waals surface area contributed by atoms with Gasteiger partial charge in [0.15, 0.2) is 7.38 Å². The van der Waals surface area contributed by atoms with Crippen LogP contribution >= 0.6 is 11.1 Å². The average molecular weight is 199 g/mol. The van der Waals surface area contributed by atoms with Crippen LogP contribution in [0.15, 0.2) is 30.3 Å². The summed E-state index contributed by atoms with van der Waals surface area (Å²) < 4.78 is 0. The van der Waals surface area contributed by atoms with Gasteiger partial charge in [0.25, 0.3) is 0 Å². The second-order valence-corrected chi connectivity index (χ2v) is 10.1. The normalized spacial score (nSPS) is 15.6. The average Bonchev–Trinajstić information content (AvgIpc) is 2.06. The summed E-state index contributed by atoms with van der Waals surface area (Å²) in [6.45, 7) is 4.41. The third-order valence-electron chi connectivity index (χ3n) is 2.15. The van der Waals surface area contributed by atoms with Crippen molar-refractivity contribution in [2.45, 2.75) is 25.6 Å². The molecule has 2 heteroatoms. The summed E-state index contributed by atoms with van der Waals surface area (Å²) in [6.07, 6.45) is 0. The van der Waals surface area contributed by atoms with Gasteiger partial charge in [0.1, 0.15) is 0 Å². The van der Waals surface area contributed by atoms with Crippen LogP contribution in [0.25, 0.3) is 0 Å². The molecule has 0 nitrogen and oxygen atoms in total. The first-order chi connectivity index (χ1) is 5.64. The zero-order valence-corrected chi connectivity index (χ0v) is 9.43. The Morgan fingerprint density at radius 2 is 1.83 bits per heavy atom. The molecule has 0 bridgehead atoms. The predicted molar refractivity (Wildman–Crippen MR) is 58.1 cm³/mol. The van der Waals surface area contributed by atoms with Gasteiger partial charge in [-0.1, -0.05) is 43.8 Å². The Morgan fingerprint density at radius 1 is 1.25 bits per heavy atom. The molecule has 0 aliphatic carbocycles. The Labute approximate surface area is 80.3 Å². The Kier molecular flexibility index (Phi) is 3.36. The van der Waals surface area contributed by atoms with Gasteiger partial charge >= 0.3 is 0 Å². The van der Waals surface area contributed by atoms with Crippen molar-refractivity contribution >= 4 is 18.5 Å². The molecule has 0 aliphatic heterocycles. The van der Waals surface area contributed by atoms with E-state index < -0.39 is 7.38 Å². The molecule has 0 aliphatic rings.